The van der Waals surface area contributed by atoms with E-state index in [0.717, 1.165) is 19.4 Å². The lowest BCUT2D eigenvalue weighted by Gasteiger charge is -2.22. The molecule has 1 aliphatic heterocycles. The fourth-order valence-electron chi connectivity index (χ4n) is 1.94. The Morgan fingerprint density at radius 2 is 2.12 bits per heavy atom. The zero-order valence-corrected chi connectivity index (χ0v) is 11.1. The minimum absolute atomic E-state index is 0. The number of hydrogen-bond donors (Lipinski definition) is 1. The maximum absolute atomic E-state index is 11.9. The van der Waals surface area contributed by atoms with E-state index in [4.69, 9.17) is 10.5 Å². The number of rotatable bonds is 4. The summed E-state index contributed by atoms with van der Waals surface area (Å²) in [6, 6.07) is 0. The van der Waals surface area contributed by atoms with Crippen LogP contribution in [-0.4, -0.2) is 43.2 Å². The fraction of sp³-hybridized carbons (Fsp3) is 0.909. The Morgan fingerprint density at radius 3 is 2.56 bits per heavy atom. The summed E-state index contributed by atoms with van der Waals surface area (Å²) in [7, 11) is 1.83. The number of halogens is 1. The molecule has 5 heteroatoms. The van der Waals surface area contributed by atoms with Crippen LogP contribution in [-0.2, 0) is 9.53 Å². The predicted octanol–water partition coefficient (Wildman–Crippen LogP) is 1.03. The number of carbonyl (C=O) groups is 1. The average Bonchev–Trinajstić information content (AvgIpc) is 2.63. The third-order valence-electron chi connectivity index (χ3n) is 2.66. The van der Waals surface area contributed by atoms with Gasteiger partial charge < -0.3 is 15.4 Å². The van der Waals surface area contributed by atoms with Crippen molar-refractivity contribution in [2.75, 3.05) is 20.1 Å². The second kappa shape index (κ2) is 7.09. The average molecular weight is 251 g/mol. The number of nitrogens with zero attached hydrogens (tertiary/aromatic N) is 1. The molecule has 2 atom stereocenters. The van der Waals surface area contributed by atoms with Crippen LogP contribution in [0.15, 0.2) is 0 Å². The van der Waals surface area contributed by atoms with E-state index in [1.54, 1.807) is 4.90 Å². The van der Waals surface area contributed by atoms with Crippen LogP contribution >= 0.6 is 12.4 Å². The Kier molecular flexibility index (Phi) is 6.95. The highest BCUT2D eigenvalue weighted by Gasteiger charge is 2.31. The van der Waals surface area contributed by atoms with E-state index in [1.165, 1.54) is 0 Å². The normalized spacial score (nSPS) is 24.3. The second-order valence-corrected chi connectivity index (χ2v) is 4.67. The van der Waals surface area contributed by atoms with E-state index in [1.807, 2.05) is 7.05 Å². The Hall–Kier alpha value is -0.320. The van der Waals surface area contributed by atoms with Crippen LogP contribution < -0.4 is 5.73 Å². The van der Waals surface area contributed by atoms with Gasteiger partial charge in [-0.25, -0.2) is 0 Å². The van der Waals surface area contributed by atoms with Gasteiger partial charge in [-0.3, -0.25) is 4.79 Å². The molecule has 0 aromatic heterocycles. The van der Waals surface area contributed by atoms with Gasteiger partial charge in [0.05, 0.1) is 6.10 Å². The zero-order valence-electron chi connectivity index (χ0n) is 10.3. The molecule has 0 aromatic carbocycles. The van der Waals surface area contributed by atoms with Gasteiger partial charge in [0.1, 0.15) is 6.10 Å². The molecule has 1 rings (SSSR count). The molecule has 1 fully saturated rings. The summed E-state index contributed by atoms with van der Waals surface area (Å²) in [6.45, 7) is 5.49. The van der Waals surface area contributed by atoms with Crippen molar-refractivity contribution in [3.05, 3.63) is 0 Å². The molecule has 0 saturated carbocycles. The van der Waals surface area contributed by atoms with Crippen molar-refractivity contribution in [1.82, 2.24) is 4.90 Å². The standard InChI is InChI=1S/C11H22N2O2.ClH/c1-8(2)7-13(3)11(14)10-5-4-9(6-12)15-10;/h8-10H,4-7,12H2,1-3H3;1H/t9-,10+;/m1./s1. The predicted molar refractivity (Wildman–Crippen MR) is 66.7 cm³/mol. The number of nitrogens with two attached hydrogens (primary N) is 1. The largest absolute Gasteiger partial charge is 0.364 e. The van der Waals surface area contributed by atoms with Crippen molar-refractivity contribution in [1.29, 1.82) is 0 Å². The molecule has 0 aromatic rings. The highest BCUT2D eigenvalue weighted by molar-refractivity contribution is 5.85. The quantitative estimate of drug-likeness (QED) is 0.811. The van der Waals surface area contributed by atoms with Gasteiger partial charge in [0.15, 0.2) is 0 Å². The van der Waals surface area contributed by atoms with Gasteiger partial charge in [0.25, 0.3) is 5.91 Å². The minimum Gasteiger partial charge on any atom is -0.364 e. The third-order valence-corrected chi connectivity index (χ3v) is 2.66. The summed E-state index contributed by atoms with van der Waals surface area (Å²) in [5, 5.41) is 0. The van der Waals surface area contributed by atoms with E-state index < -0.39 is 0 Å². The second-order valence-electron chi connectivity index (χ2n) is 4.67. The van der Waals surface area contributed by atoms with Crippen molar-refractivity contribution in [2.45, 2.75) is 38.9 Å². The summed E-state index contributed by atoms with van der Waals surface area (Å²) in [5.74, 6) is 0.588. The monoisotopic (exact) mass is 250 g/mol. The summed E-state index contributed by atoms with van der Waals surface area (Å²) in [6.07, 6.45) is 1.53. The zero-order chi connectivity index (χ0) is 11.4. The first-order valence-corrected chi connectivity index (χ1v) is 5.65. The lowest BCUT2D eigenvalue weighted by Crippen LogP contribution is -2.38. The highest BCUT2D eigenvalue weighted by atomic mass is 35.5. The summed E-state index contributed by atoms with van der Waals surface area (Å²) in [5.41, 5.74) is 5.50. The van der Waals surface area contributed by atoms with Crippen LogP contribution in [0.2, 0.25) is 0 Å². The molecule has 0 radical (unpaired) electrons. The number of amides is 1. The molecule has 0 bridgehead atoms. The first kappa shape index (κ1) is 15.7. The molecule has 96 valence electrons. The molecule has 1 heterocycles. The Morgan fingerprint density at radius 1 is 1.50 bits per heavy atom. The highest BCUT2D eigenvalue weighted by Crippen LogP contribution is 2.20. The number of carbonyl (C=O) groups excluding carboxylic acids is 1. The van der Waals surface area contributed by atoms with Crippen molar-refractivity contribution >= 4 is 18.3 Å². The van der Waals surface area contributed by atoms with Gasteiger partial charge in [0.2, 0.25) is 0 Å². The third kappa shape index (κ3) is 4.28. The Bertz CT molecular complexity index is 224. The first-order valence-electron chi connectivity index (χ1n) is 5.65. The molecule has 0 aliphatic carbocycles. The summed E-state index contributed by atoms with van der Waals surface area (Å²) < 4.78 is 5.56. The molecule has 4 nitrogen and oxygen atoms in total. The van der Waals surface area contributed by atoms with Crippen molar-refractivity contribution in [3.63, 3.8) is 0 Å². The lowest BCUT2D eigenvalue weighted by atomic mass is 10.1. The summed E-state index contributed by atoms with van der Waals surface area (Å²) in [4.78, 5) is 13.7. The van der Waals surface area contributed by atoms with E-state index in [0.29, 0.717) is 12.5 Å². The topological polar surface area (TPSA) is 55.6 Å². The van der Waals surface area contributed by atoms with Crippen LogP contribution in [0.25, 0.3) is 0 Å². The summed E-state index contributed by atoms with van der Waals surface area (Å²) >= 11 is 0. The smallest absolute Gasteiger partial charge is 0.251 e. The molecule has 1 saturated heterocycles. The molecule has 16 heavy (non-hydrogen) atoms. The minimum atomic E-state index is -0.262. The number of hydrogen-bond acceptors (Lipinski definition) is 3. The lowest BCUT2D eigenvalue weighted by molar-refractivity contribution is -0.141. The van der Waals surface area contributed by atoms with E-state index in [2.05, 4.69) is 13.8 Å². The maximum atomic E-state index is 11.9. The number of likely N-dealkylation sites (N-methyl/N-ethyl adjacent to an activating group) is 1. The number of ether oxygens (including phenoxy) is 1. The van der Waals surface area contributed by atoms with Gasteiger partial charge in [-0.1, -0.05) is 13.8 Å². The van der Waals surface area contributed by atoms with Crippen LogP contribution in [0.4, 0.5) is 0 Å². The van der Waals surface area contributed by atoms with Crippen LogP contribution in [0, 0.1) is 5.92 Å². The van der Waals surface area contributed by atoms with Crippen molar-refractivity contribution < 1.29 is 9.53 Å². The van der Waals surface area contributed by atoms with Crippen molar-refractivity contribution in [2.24, 2.45) is 11.7 Å². The molecular formula is C11H23ClN2O2. The van der Waals surface area contributed by atoms with Gasteiger partial charge >= 0.3 is 0 Å². The Labute approximate surface area is 104 Å². The molecule has 1 amide bonds. The molecule has 0 spiro atoms. The van der Waals surface area contributed by atoms with Crippen LogP contribution in [0.5, 0.6) is 0 Å². The van der Waals surface area contributed by atoms with E-state index >= 15 is 0 Å². The van der Waals surface area contributed by atoms with E-state index in [9.17, 15) is 4.79 Å². The molecular weight excluding hydrogens is 228 g/mol. The maximum Gasteiger partial charge on any atom is 0.251 e. The fourth-order valence-corrected chi connectivity index (χ4v) is 1.94. The molecule has 0 unspecified atom stereocenters. The molecule has 2 N–H and O–H groups in total. The molecule has 1 aliphatic rings. The van der Waals surface area contributed by atoms with Crippen LogP contribution in [0.1, 0.15) is 26.7 Å². The van der Waals surface area contributed by atoms with Gasteiger partial charge in [-0.05, 0) is 18.8 Å². The van der Waals surface area contributed by atoms with Gasteiger partial charge in [-0.15, -0.1) is 12.4 Å². The van der Waals surface area contributed by atoms with Gasteiger partial charge in [-0.2, -0.15) is 0 Å². The van der Waals surface area contributed by atoms with Crippen LogP contribution in [0.3, 0.4) is 0 Å². The Balaban J connectivity index is 0.00000225. The van der Waals surface area contributed by atoms with Gasteiger partial charge in [0, 0.05) is 20.1 Å². The first-order chi connectivity index (χ1) is 7.04. The van der Waals surface area contributed by atoms with E-state index in [-0.39, 0.29) is 30.5 Å². The van der Waals surface area contributed by atoms with Crippen molar-refractivity contribution in [3.8, 4) is 0 Å². The SMILES string of the molecule is CC(C)CN(C)C(=O)[C@@H]1CC[C@H](CN)O1.Cl.